The van der Waals surface area contributed by atoms with E-state index < -0.39 is 5.38 Å². The third kappa shape index (κ3) is 2.85. The van der Waals surface area contributed by atoms with E-state index in [-0.39, 0.29) is 5.78 Å². The molecular formula is C12H15ClO. The number of hydrogen-bond donors (Lipinski definition) is 0. The van der Waals surface area contributed by atoms with Gasteiger partial charge in [0, 0.05) is 0 Å². The van der Waals surface area contributed by atoms with Gasteiger partial charge in [-0.2, -0.15) is 0 Å². The van der Waals surface area contributed by atoms with Gasteiger partial charge in [-0.05, 0) is 43.9 Å². The molecule has 1 rings (SSSR count). The molecule has 1 unspecified atom stereocenters. The Kier molecular flexibility index (Phi) is 3.70. The van der Waals surface area contributed by atoms with E-state index in [2.05, 4.69) is 26.0 Å². The average Bonchev–Trinajstić information content (AvgIpc) is 2.11. The Hall–Kier alpha value is -0.820. The monoisotopic (exact) mass is 210 g/mol. The number of ketones is 1. The lowest BCUT2D eigenvalue weighted by atomic mass is 10.0. The number of halogens is 1. The van der Waals surface area contributed by atoms with E-state index in [0.717, 1.165) is 5.56 Å². The summed E-state index contributed by atoms with van der Waals surface area (Å²) in [6, 6.07) is 6.18. The molecule has 0 saturated carbocycles. The van der Waals surface area contributed by atoms with Crippen molar-refractivity contribution in [2.24, 2.45) is 0 Å². The molecular weight excluding hydrogens is 196 g/mol. The molecule has 0 bridgehead atoms. The van der Waals surface area contributed by atoms with Gasteiger partial charge in [0.2, 0.25) is 0 Å². The first-order valence-corrected chi connectivity index (χ1v) is 5.15. The Morgan fingerprint density at radius 3 is 2.50 bits per heavy atom. The molecule has 76 valence electrons. The van der Waals surface area contributed by atoms with Crippen molar-refractivity contribution in [3.63, 3.8) is 0 Å². The van der Waals surface area contributed by atoms with E-state index in [1.54, 1.807) is 0 Å². The first kappa shape index (κ1) is 11.3. The van der Waals surface area contributed by atoms with Gasteiger partial charge in [-0.1, -0.05) is 18.2 Å². The van der Waals surface area contributed by atoms with E-state index in [0.29, 0.717) is 6.42 Å². The minimum absolute atomic E-state index is 0.0323. The highest BCUT2D eigenvalue weighted by Crippen LogP contribution is 2.14. The predicted molar refractivity (Wildman–Crippen MR) is 59.9 cm³/mol. The van der Waals surface area contributed by atoms with Gasteiger partial charge in [-0.25, -0.2) is 0 Å². The van der Waals surface area contributed by atoms with E-state index in [1.807, 2.05) is 6.07 Å². The van der Waals surface area contributed by atoms with Crippen LogP contribution in [0.4, 0.5) is 0 Å². The van der Waals surface area contributed by atoms with Gasteiger partial charge in [0.15, 0.2) is 0 Å². The van der Waals surface area contributed by atoms with Gasteiger partial charge in [-0.15, -0.1) is 11.6 Å². The van der Waals surface area contributed by atoms with Crippen LogP contribution in [0.25, 0.3) is 0 Å². The zero-order chi connectivity index (χ0) is 10.7. The summed E-state index contributed by atoms with van der Waals surface area (Å²) in [5.74, 6) is 0.0323. The third-order valence-electron chi connectivity index (χ3n) is 2.43. The molecule has 2 heteroatoms. The fourth-order valence-electron chi connectivity index (χ4n) is 1.28. The molecule has 0 saturated heterocycles. The maximum atomic E-state index is 11.0. The van der Waals surface area contributed by atoms with Crippen LogP contribution in [-0.2, 0) is 11.2 Å². The van der Waals surface area contributed by atoms with E-state index in [9.17, 15) is 4.79 Å². The Balaban J connectivity index is 2.78. The van der Waals surface area contributed by atoms with Crippen molar-refractivity contribution in [1.29, 1.82) is 0 Å². The summed E-state index contributed by atoms with van der Waals surface area (Å²) in [6.45, 7) is 5.66. The first-order valence-electron chi connectivity index (χ1n) is 4.71. The predicted octanol–water partition coefficient (Wildman–Crippen LogP) is 3.04. The number of benzene rings is 1. The van der Waals surface area contributed by atoms with E-state index in [1.165, 1.54) is 18.1 Å². The van der Waals surface area contributed by atoms with Crippen molar-refractivity contribution in [3.05, 3.63) is 34.9 Å². The molecule has 1 aromatic carbocycles. The van der Waals surface area contributed by atoms with Gasteiger partial charge >= 0.3 is 0 Å². The maximum absolute atomic E-state index is 11.0. The van der Waals surface area contributed by atoms with Gasteiger partial charge in [0.05, 0.1) is 5.38 Å². The Morgan fingerprint density at radius 2 is 2.00 bits per heavy atom. The second-order valence-electron chi connectivity index (χ2n) is 3.70. The number of hydrogen-bond acceptors (Lipinski definition) is 1. The van der Waals surface area contributed by atoms with Crippen LogP contribution in [0.15, 0.2) is 18.2 Å². The van der Waals surface area contributed by atoms with Gasteiger partial charge in [0.1, 0.15) is 5.78 Å². The molecule has 0 aromatic heterocycles. The number of rotatable bonds is 3. The summed E-state index contributed by atoms with van der Waals surface area (Å²) in [5, 5.41) is -0.392. The Bertz CT molecular complexity index is 344. The number of alkyl halides is 1. The van der Waals surface area contributed by atoms with E-state index >= 15 is 0 Å². The van der Waals surface area contributed by atoms with Crippen LogP contribution in [0.3, 0.4) is 0 Å². The van der Waals surface area contributed by atoms with Crippen molar-refractivity contribution >= 4 is 17.4 Å². The van der Waals surface area contributed by atoms with Crippen LogP contribution in [0, 0.1) is 13.8 Å². The quantitative estimate of drug-likeness (QED) is 0.701. The maximum Gasteiger partial charge on any atom is 0.147 e. The minimum Gasteiger partial charge on any atom is -0.298 e. The molecule has 14 heavy (non-hydrogen) atoms. The topological polar surface area (TPSA) is 17.1 Å². The summed E-state index contributed by atoms with van der Waals surface area (Å²) in [5.41, 5.74) is 3.64. The molecule has 0 aliphatic carbocycles. The van der Waals surface area contributed by atoms with Crippen molar-refractivity contribution in [2.75, 3.05) is 0 Å². The SMILES string of the molecule is CC(=O)C(Cl)Cc1ccc(C)c(C)c1. The molecule has 1 nitrogen and oxygen atoms in total. The van der Waals surface area contributed by atoms with Crippen LogP contribution in [0.2, 0.25) is 0 Å². The molecule has 0 aliphatic heterocycles. The molecule has 1 atom stereocenters. The second-order valence-corrected chi connectivity index (χ2v) is 4.23. The van der Waals surface area contributed by atoms with Crippen molar-refractivity contribution in [3.8, 4) is 0 Å². The molecule has 0 heterocycles. The number of carbonyl (C=O) groups excluding carboxylic acids is 1. The van der Waals surface area contributed by atoms with Crippen LogP contribution in [-0.4, -0.2) is 11.2 Å². The summed E-state index contributed by atoms with van der Waals surface area (Å²) >= 11 is 5.89. The second kappa shape index (κ2) is 4.61. The normalized spacial score (nSPS) is 12.6. The molecule has 0 fully saturated rings. The van der Waals surface area contributed by atoms with Crippen molar-refractivity contribution in [1.82, 2.24) is 0 Å². The van der Waals surface area contributed by atoms with Crippen LogP contribution in [0.1, 0.15) is 23.6 Å². The number of Topliss-reactive ketones (excluding diaryl/α,β-unsaturated/α-hetero) is 1. The third-order valence-corrected chi connectivity index (χ3v) is 2.89. The van der Waals surface area contributed by atoms with Crippen molar-refractivity contribution in [2.45, 2.75) is 32.6 Å². The summed E-state index contributed by atoms with van der Waals surface area (Å²) in [6.07, 6.45) is 0.623. The minimum atomic E-state index is -0.392. The zero-order valence-electron chi connectivity index (χ0n) is 8.80. The van der Waals surface area contributed by atoms with Crippen LogP contribution < -0.4 is 0 Å². The lowest BCUT2D eigenvalue weighted by molar-refractivity contribution is -0.116. The zero-order valence-corrected chi connectivity index (χ0v) is 9.56. The largest absolute Gasteiger partial charge is 0.298 e. The Morgan fingerprint density at radius 1 is 1.36 bits per heavy atom. The molecule has 0 N–H and O–H groups in total. The van der Waals surface area contributed by atoms with Crippen molar-refractivity contribution < 1.29 is 4.79 Å². The molecule has 0 spiro atoms. The van der Waals surface area contributed by atoms with Crippen LogP contribution >= 0.6 is 11.6 Å². The highest BCUT2D eigenvalue weighted by molar-refractivity contribution is 6.30. The summed E-state index contributed by atoms with van der Waals surface area (Å²) in [4.78, 5) is 11.0. The Labute approximate surface area is 90.1 Å². The highest BCUT2D eigenvalue weighted by Gasteiger charge is 2.10. The van der Waals surface area contributed by atoms with Crippen LogP contribution in [0.5, 0.6) is 0 Å². The molecule has 0 radical (unpaired) electrons. The summed E-state index contributed by atoms with van der Waals surface area (Å²) < 4.78 is 0. The number of aryl methyl sites for hydroxylation is 2. The van der Waals surface area contributed by atoms with Gasteiger partial charge in [0.25, 0.3) is 0 Å². The molecule has 1 aromatic rings. The van der Waals surface area contributed by atoms with Gasteiger partial charge < -0.3 is 0 Å². The highest BCUT2D eigenvalue weighted by atomic mass is 35.5. The first-order chi connectivity index (χ1) is 6.50. The fourth-order valence-corrected chi connectivity index (χ4v) is 1.46. The van der Waals surface area contributed by atoms with E-state index in [4.69, 9.17) is 11.6 Å². The standard InChI is InChI=1S/C12H15ClO/c1-8-4-5-11(6-9(8)2)7-12(13)10(3)14/h4-6,12H,7H2,1-3H3. The molecule has 0 aliphatic rings. The lowest BCUT2D eigenvalue weighted by Gasteiger charge is -2.07. The number of carbonyl (C=O) groups is 1. The average molecular weight is 211 g/mol. The molecule has 0 amide bonds. The fraction of sp³-hybridized carbons (Fsp3) is 0.417. The smallest absolute Gasteiger partial charge is 0.147 e. The summed E-state index contributed by atoms with van der Waals surface area (Å²) in [7, 11) is 0. The van der Waals surface area contributed by atoms with Gasteiger partial charge in [-0.3, -0.25) is 4.79 Å². The lowest BCUT2D eigenvalue weighted by Crippen LogP contribution is -2.13.